The minimum Gasteiger partial charge on any atom is -0.480 e. The Labute approximate surface area is 228 Å². The van der Waals surface area contributed by atoms with Crippen molar-refractivity contribution in [2.75, 3.05) is 43.9 Å². The number of aliphatic carboxylic acids is 1. The summed E-state index contributed by atoms with van der Waals surface area (Å²) in [5, 5.41) is 16.2. The molecule has 3 aromatic rings. The summed E-state index contributed by atoms with van der Waals surface area (Å²) < 4.78 is 19.0. The monoisotopic (exact) mass is 536 g/mol. The van der Waals surface area contributed by atoms with E-state index in [2.05, 4.69) is 32.7 Å². The van der Waals surface area contributed by atoms with Crippen LogP contribution in [-0.2, 0) is 22.4 Å². The molecule has 0 aliphatic carbocycles. The van der Waals surface area contributed by atoms with Crippen molar-refractivity contribution in [1.82, 2.24) is 19.9 Å². The Hall–Kier alpha value is -3.63. The molecule has 9 nitrogen and oxygen atoms in total. The van der Waals surface area contributed by atoms with Crippen LogP contribution in [0.4, 0.5) is 16.0 Å². The first kappa shape index (κ1) is 28.4. The number of carboxylic acid groups (broad SMARTS) is 1. The van der Waals surface area contributed by atoms with Gasteiger partial charge in [-0.2, -0.15) is 0 Å². The van der Waals surface area contributed by atoms with E-state index in [0.717, 1.165) is 55.7 Å². The van der Waals surface area contributed by atoms with Crippen LogP contribution >= 0.6 is 0 Å². The smallest absolute Gasteiger partial charge is 0.326 e. The largest absolute Gasteiger partial charge is 0.480 e. The zero-order chi connectivity index (χ0) is 27.5. The predicted octanol–water partition coefficient (Wildman–Crippen LogP) is 4.42. The van der Waals surface area contributed by atoms with Gasteiger partial charge in [-0.15, -0.1) is 0 Å². The molecule has 10 heteroatoms. The molecule has 2 aromatic heterocycles. The van der Waals surface area contributed by atoms with Gasteiger partial charge in [0.1, 0.15) is 24.0 Å². The quantitative estimate of drug-likeness (QED) is 0.243. The summed E-state index contributed by atoms with van der Waals surface area (Å²) in [6.07, 6.45) is 5.01. The first-order valence-corrected chi connectivity index (χ1v) is 13.5. The maximum absolute atomic E-state index is 14.1. The molecule has 1 aromatic carbocycles. The van der Waals surface area contributed by atoms with Crippen molar-refractivity contribution in [3.8, 4) is 11.3 Å². The number of rotatable bonds is 15. The number of fused-ring (bicyclic) bond motifs is 1. The van der Waals surface area contributed by atoms with Gasteiger partial charge in [-0.1, -0.05) is 36.4 Å². The van der Waals surface area contributed by atoms with E-state index in [4.69, 9.17) is 9.72 Å². The van der Waals surface area contributed by atoms with Crippen molar-refractivity contribution in [3.63, 3.8) is 0 Å². The zero-order valence-corrected chi connectivity index (χ0v) is 22.4. The van der Waals surface area contributed by atoms with Gasteiger partial charge in [0.15, 0.2) is 0 Å². The van der Waals surface area contributed by atoms with Crippen molar-refractivity contribution >= 4 is 17.6 Å². The first-order valence-electron chi connectivity index (χ1n) is 13.5. The molecule has 0 fully saturated rings. The molecular formula is C29H37FN6O3. The van der Waals surface area contributed by atoms with Crippen LogP contribution in [0.25, 0.3) is 11.3 Å². The molecule has 4 rings (SSSR count). The van der Waals surface area contributed by atoms with Crippen molar-refractivity contribution < 1.29 is 19.0 Å². The normalized spacial score (nSPS) is 14.3. The zero-order valence-electron chi connectivity index (χ0n) is 22.4. The molecule has 39 heavy (non-hydrogen) atoms. The van der Waals surface area contributed by atoms with Gasteiger partial charge in [-0.3, -0.25) is 4.90 Å². The minimum absolute atomic E-state index is 0.0789. The second kappa shape index (κ2) is 14.5. The number of benzene rings is 1. The summed E-state index contributed by atoms with van der Waals surface area (Å²) in [7, 11) is 1.33. The number of carbonyl (C=O) groups is 1. The second-order valence-electron chi connectivity index (χ2n) is 9.72. The van der Waals surface area contributed by atoms with Crippen LogP contribution in [0.1, 0.15) is 36.9 Å². The van der Waals surface area contributed by atoms with Crippen LogP contribution in [0.5, 0.6) is 0 Å². The number of unbranched alkanes of at least 4 members (excludes halogenated alkanes) is 1. The standard InChI is InChI=1S/C29H37FN6O3/c1-39-26(30)19-36(16-6-5-11-23-13-12-22-10-7-15-31-28(22)34-23)17-14-24(29(37)38)35-27-18-25(32-20-33-27)21-8-3-2-4-9-21/h2-4,8-9,12-13,18,20,24,26H,5-7,10-11,14-17,19H2,1H3,(H,31,34)(H,37,38)(H,32,33,35)/t24-,26+/m0/s1. The molecule has 0 saturated carbocycles. The lowest BCUT2D eigenvalue weighted by molar-refractivity contribution is -0.138. The highest BCUT2D eigenvalue weighted by Gasteiger charge is 2.21. The fourth-order valence-corrected chi connectivity index (χ4v) is 4.67. The molecule has 0 amide bonds. The molecule has 0 radical (unpaired) electrons. The molecule has 3 N–H and O–H groups in total. The van der Waals surface area contributed by atoms with Crippen molar-refractivity contribution in [2.45, 2.75) is 50.9 Å². The van der Waals surface area contributed by atoms with E-state index < -0.39 is 18.4 Å². The van der Waals surface area contributed by atoms with Gasteiger partial charge in [0.2, 0.25) is 6.36 Å². The van der Waals surface area contributed by atoms with E-state index >= 15 is 0 Å². The Morgan fingerprint density at radius 1 is 1.18 bits per heavy atom. The third-order valence-corrected chi connectivity index (χ3v) is 6.86. The molecule has 0 saturated heterocycles. The van der Waals surface area contributed by atoms with E-state index in [1.807, 2.05) is 35.2 Å². The molecule has 2 atom stereocenters. The lowest BCUT2D eigenvalue weighted by Crippen LogP contribution is -2.38. The Balaban J connectivity index is 1.30. The number of hydrogen-bond acceptors (Lipinski definition) is 8. The molecule has 3 heterocycles. The van der Waals surface area contributed by atoms with Crippen LogP contribution in [0, 0.1) is 0 Å². The topological polar surface area (TPSA) is 113 Å². The van der Waals surface area contributed by atoms with Crippen LogP contribution in [0.3, 0.4) is 0 Å². The summed E-state index contributed by atoms with van der Waals surface area (Å²) in [6, 6.07) is 14.7. The Morgan fingerprint density at radius 3 is 2.82 bits per heavy atom. The average molecular weight is 537 g/mol. The van der Waals surface area contributed by atoms with Gasteiger partial charge < -0.3 is 20.5 Å². The summed E-state index contributed by atoms with van der Waals surface area (Å²) in [5.41, 5.74) is 3.93. The number of nitrogens with one attached hydrogen (secondary N) is 2. The van der Waals surface area contributed by atoms with E-state index in [-0.39, 0.29) is 13.0 Å². The Kier molecular flexibility index (Phi) is 10.6. The minimum atomic E-state index is -1.44. The van der Waals surface area contributed by atoms with E-state index in [9.17, 15) is 14.3 Å². The fraction of sp³-hybridized carbons (Fsp3) is 0.448. The summed E-state index contributed by atoms with van der Waals surface area (Å²) in [6.45, 7) is 2.06. The first-order chi connectivity index (χ1) is 19.0. The van der Waals surface area contributed by atoms with Crippen molar-refractivity contribution in [1.29, 1.82) is 0 Å². The van der Waals surface area contributed by atoms with Crippen molar-refractivity contribution in [2.24, 2.45) is 0 Å². The van der Waals surface area contributed by atoms with Crippen LogP contribution in [-0.4, -0.2) is 76.6 Å². The maximum atomic E-state index is 14.1. The number of nitrogens with zero attached hydrogens (tertiary/aromatic N) is 4. The summed E-state index contributed by atoms with van der Waals surface area (Å²) in [5.74, 6) is 0.424. The van der Waals surface area contributed by atoms with Gasteiger partial charge in [0, 0.05) is 37.5 Å². The number of aryl methyl sites for hydroxylation is 2. The molecular weight excluding hydrogens is 499 g/mol. The van der Waals surface area contributed by atoms with Crippen LogP contribution in [0.15, 0.2) is 54.9 Å². The number of pyridine rings is 1. The van der Waals surface area contributed by atoms with Crippen molar-refractivity contribution in [3.05, 3.63) is 66.1 Å². The molecule has 0 unspecified atom stereocenters. The molecule has 1 aliphatic heterocycles. The Bertz CT molecular complexity index is 1200. The van der Waals surface area contributed by atoms with Gasteiger partial charge >= 0.3 is 5.97 Å². The van der Waals surface area contributed by atoms with E-state index in [1.165, 1.54) is 19.0 Å². The number of hydrogen-bond donors (Lipinski definition) is 3. The summed E-state index contributed by atoms with van der Waals surface area (Å²) >= 11 is 0. The van der Waals surface area contributed by atoms with Gasteiger partial charge in [-0.25, -0.2) is 24.1 Å². The number of halogens is 1. The molecule has 1 aliphatic rings. The third kappa shape index (κ3) is 8.69. The van der Waals surface area contributed by atoms with Gasteiger partial charge in [0.25, 0.3) is 0 Å². The lowest BCUT2D eigenvalue weighted by atomic mass is 10.1. The van der Waals surface area contributed by atoms with E-state index in [1.54, 1.807) is 6.07 Å². The van der Waals surface area contributed by atoms with Gasteiger partial charge in [0.05, 0.1) is 12.2 Å². The molecule has 208 valence electrons. The Morgan fingerprint density at radius 2 is 2.03 bits per heavy atom. The average Bonchev–Trinajstić information content (AvgIpc) is 2.97. The second-order valence-corrected chi connectivity index (χ2v) is 9.72. The van der Waals surface area contributed by atoms with E-state index in [0.29, 0.717) is 24.6 Å². The summed E-state index contributed by atoms with van der Waals surface area (Å²) in [4.78, 5) is 27.2. The van der Waals surface area contributed by atoms with Crippen LogP contribution in [0.2, 0.25) is 0 Å². The number of anilines is 2. The number of aromatic nitrogens is 3. The highest BCUT2D eigenvalue weighted by molar-refractivity contribution is 5.77. The highest BCUT2D eigenvalue weighted by Crippen LogP contribution is 2.21. The molecule has 0 spiro atoms. The molecule has 0 bridgehead atoms. The number of alkyl halides is 1. The lowest BCUT2D eigenvalue weighted by Gasteiger charge is -2.25. The maximum Gasteiger partial charge on any atom is 0.326 e. The number of carboxylic acids is 1. The highest BCUT2D eigenvalue weighted by atomic mass is 19.1. The van der Waals surface area contributed by atoms with Crippen LogP contribution < -0.4 is 10.6 Å². The number of ether oxygens (including phenoxy) is 1. The van der Waals surface area contributed by atoms with Gasteiger partial charge in [-0.05, 0) is 56.7 Å². The number of methoxy groups -OCH3 is 1. The fourth-order valence-electron chi connectivity index (χ4n) is 4.67. The third-order valence-electron chi connectivity index (χ3n) is 6.86. The predicted molar refractivity (Wildman–Crippen MR) is 149 cm³/mol. The SMILES string of the molecule is CO[C@@H](F)CN(CCCCc1ccc2c(n1)NCCC2)CC[C@H](Nc1cc(-c2ccccc2)ncn1)C(=O)O.